The predicted molar refractivity (Wildman–Crippen MR) is 87.2 cm³/mol. The molecule has 6 nitrogen and oxygen atoms in total. The van der Waals surface area contributed by atoms with Gasteiger partial charge in [-0.25, -0.2) is 0 Å². The van der Waals surface area contributed by atoms with Gasteiger partial charge in [-0.1, -0.05) is 0 Å². The number of aromatic amines is 2. The minimum Gasteiger partial charge on any atom is -0.367 e. The fraction of sp³-hybridized carbons (Fsp3) is 0.412. The van der Waals surface area contributed by atoms with Gasteiger partial charge in [0.1, 0.15) is 0 Å². The van der Waals surface area contributed by atoms with Crippen LogP contribution in [-0.4, -0.2) is 57.8 Å². The van der Waals surface area contributed by atoms with Crippen molar-refractivity contribution in [2.75, 3.05) is 26.2 Å². The van der Waals surface area contributed by atoms with Crippen LogP contribution in [-0.2, 0) is 11.2 Å². The molecule has 0 spiro atoms. The van der Waals surface area contributed by atoms with Crippen LogP contribution < -0.4 is 0 Å². The molecule has 2 amide bonds. The third-order valence-corrected chi connectivity index (χ3v) is 4.36. The maximum Gasteiger partial charge on any atom is 0.255 e. The van der Waals surface area contributed by atoms with Crippen molar-refractivity contribution in [2.24, 2.45) is 0 Å². The van der Waals surface area contributed by atoms with Gasteiger partial charge >= 0.3 is 0 Å². The largest absolute Gasteiger partial charge is 0.367 e. The average molecular weight is 314 g/mol. The first-order chi connectivity index (χ1) is 11.0. The molecule has 2 aromatic heterocycles. The Morgan fingerprint density at radius 1 is 1.13 bits per heavy atom. The van der Waals surface area contributed by atoms with E-state index >= 15 is 0 Å². The van der Waals surface area contributed by atoms with Crippen LogP contribution >= 0.6 is 0 Å². The molecule has 0 atom stereocenters. The molecule has 1 aliphatic rings. The van der Waals surface area contributed by atoms with E-state index in [2.05, 4.69) is 9.97 Å². The molecular weight excluding hydrogens is 292 g/mol. The van der Waals surface area contributed by atoms with Crippen LogP contribution in [0.4, 0.5) is 0 Å². The van der Waals surface area contributed by atoms with Crippen LogP contribution in [0.2, 0.25) is 0 Å². The van der Waals surface area contributed by atoms with Crippen LogP contribution in [0, 0.1) is 13.8 Å². The highest BCUT2D eigenvalue weighted by Gasteiger charge is 2.25. The topological polar surface area (TPSA) is 72.2 Å². The monoisotopic (exact) mass is 314 g/mol. The molecular formula is C17H22N4O2. The molecule has 3 rings (SSSR count). The van der Waals surface area contributed by atoms with Gasteiger partial charge in [-0.05, 0) is 31.5 Å². The van der Waals surface area contributed by atoms with Gasteiger partial charge in [0.15, 0.2) is 0 Å². The van der Waals surface area contributed by atoms with Crippen molar-refractivity contribution in [1.29, 1.82) is 0 Å². The summed E-state index contributed by atoms with van der Waals surface area (Å²) in [6.07, 6.45) is 3.87. The number of carbonyl (C=O) groups is 2. The first-order valence-corrected chi connectivity index (χ1v) is 7.89. The van der Waals surface area contributed by atoms with Crippen molar-refractivity contribution < 1.29 is 9.59 Å². The highest BCUT2D eigenvalue weighted by molar-refractivity contribution is 5.94. The molecule has 0 unspecified atom stereocenters. The number of aryl methyl sites for hydroxylation is 2. The molecule has 0 aliphatic carbocycles. The highest BCUT2D eigenvalue weighted by atomic mass is 16.2. The molecule has 0 aromatic carbocycles. The lowest BCUT2D eigenvalue weighted by Crippen LogP contribution is -2.50. The Morgan fingerprint density at radius 3 is 2.39 bits per heavy atom. The molecule has 1 aliphatic heterocycles. The SMILES string of the molecule is Cc1cc(CC(=O)N2CCN(C(=O)c3cc[nH]c3)CC2)c(C)[nH]1. The summed E-state index contributed by atoms with van der Waals surface area (Å²) in [5.41, 5.74) is 3.85. The van der Waals surface area contributed by atoms with Crippen molar-refractivity contribution in [3.63, 3.8) is 0 Å². The van der Waals surface area contributed by atoms with E-state index in [0.29, 0.717) is 38.2 Å². The normalized spacial score (nSPS) is 15.0. The molecule has 2 aromatic rings. The minimum atomic E-state index is 0.0236. The molecule has 3 heterocycles. The zero-order valence-corrected chi connectivity index (χ0v) is 13.6. The number of rotatable bonds is 3. The van der Waals surface area contributed by atoms with Gasteiger partial charge in [-0.2, -0.15) is 0 Å². The molecule has 6 heteroatoms. The van der Waals surface area contributed by atoms with Gasteiger partial charge in [-0.15, -0.1) is 0 Å². The zero-order chi connectivity index (χ0) is 16.4. The number of piperazine rings is 1. The van der Waals surface area contributed by atoms with E-state index in [9.17, 15) is 9.59 Å². The first-order valence-electron chi connectivity index (χ1n) is 7.89. The average Bonchev–Trinajstić information content (AvgIpc) is 3.17. The van der Waals surface area contributed by atoms with Crippen LogP contribution in [0.5, 0.6) is 0 Å². The van der Waals surface area contributed by atoms with Gasteiger partial charge in [0, 0.05) is 50.0 Å². The fourth-order valence-electron chi connectivity index (χ4n) is 3.04. The summed E-state index contributed by atoms with van der Waals surface area (Å²) in [5.74, 6) is 0.149. The van der Waals surface area contributed by atoms with Crippen molar-refractivity contribution in [2.45, 2.75) is 20.3 Å². The van der Waals surface area contributed by atoms with E-state index in [1.807, 2.05) is 24.8 Å². The van der Waals surface area contributed by atoms with Crippen molar-refractivity contribution in [3.05, 3.63) is 47.0 Å². The maximum absolute atomic E-state index is 12.4. The van der Waals surface area contributed by atoms with Crippen LogP contribution in [0.15, 0.2) is 24.5 Å². The molecule has 0 saturated carbocycles. The van der Waals surface area contributed by atoms with Gasteiger partial charge in [0.2, 0.25) is 5.91 Å². The number of hydrogen-bond acceptors (Lipinski definition) is 2. The lowest BCUT2D eigenvalue weighted by Gasteiger charge is -2.34. The van der Waals surface area contributed by atoms with Gasteiger partial charge < -0.3 is 19.8 Å². The van der Waals surface area contributed by atoms with Crippen LogP contribution in [0.1, 0.15) is 27.3 Å². The Morgan fingerprint density at radius 2 is 1.83 bits per heavy atom. The van der Waals surface area contributed by atoms with E-state index in [1.54, 1.807) is 23.4 Å². The van der Waals surface area contributed by atoms with Crippen molar-refractivity contribution >= 4 is 11.8 Å². The summed E-state index contributed by atoms with van der Waals surface area (Å²) in [4.78, 5) is 34.5. The third-order valence-electron chi connectivity index (χ3n) is 4.36. The Bertz CT molecular complexity index is 694. The van der Waals surface area contributed by atoms with E-state index in [0.717, 1.165) is 17.0 Å². The summed E-state index contributed by atoms with van der Waals surface area (Å²) < 4.78 is 0. The number of nitrogens with one attached hydrogen (secondary N) is 2. The predicted octanol–water partition coefficient (Wildman–Crippen LogP) is 1.49. The Balaban J connectivity index is 1.55. The zero-order valence-electron chi connectivity index (χ0n) is 13.6. The van der Waals surface area contributed by atoms with Crippen molar-refractivity contribution in [1.82, 2.24) is 19.8 Å². The standard InChI is InChI=1S/C17H22N4O2/c1-12-9-15(13(2)19-12)10-16(22)20-5-7-21(8-6-20)17(23)14-3-4-18-11-14/h3-4,9,11,18-19H,5-8,10H2,1-2H3. The molecule has 0 radical (unpaired) electrons. The van der Waals surface area contributed by atoms with Crippen LogP contribution in [0.3, 0.4) is 0 Å². The van der Waals surface area contributed by atoms with E-state index in [-0.39, 0.29) is 11.8 Å². The van der Waals surface area contributed by atoms with Gasteiger partial charge in [-0.3, -0.25) is 9.59 Å². The van der Waals surface area contributed by atoms with Crippen LogP contribution in [0.25, 0.3) is 0 Å². The van der Waals surface area contributed by atoms with E-state index < -0.39 is 0 Å². The quantitative estimate of drug-likeness (QED) is 0.901. The second-order valence-corrected chi connectivity index (χ2v) is 6.05. The third kappa shape index (κ3) is 3.31. The molecule has 2 N–H and O–H groups in total. The number of hydrogen-bond donors (Lipinski definition) is 2. The summed E-state index contributed by atoms with van der Waals surface area (Å²) >= 11 is 0. The number of amides is 2. The minimum absolute atomic E-state index is 0.0236. The van der Waals surface area contributed by atoms with E-state index in [1.165, 1.54) is 0 Å². The van der Waals surface area contributed by atoms with Crippen molar-refractivity contribution in [3.8, 4) is 0 Å². The Labute approximate surface area is 135 Å². The lowest BCUT2D eigenvalue weighted by molar-refractivity contribution is -0.131. The smallest absolute Gasteiger partial charge is 0.255 e. The second kappa shape index (κ2) is 6.32. The number of H-pyrrole nitrogens is 2. The van der Waals surface area contributed by atoms with E-state index in [4.69, 9.17) is 0 Å². The lowest BCUT2D eigenvalue weighted by atomic mass is 10.1. The van der Waals surface area contributed by atoms with Gasteiger partial charge in [0.05, 0.1) is 12.0 Å². The Kier molecular flexibility index (Phi) is 4.23. The summed E-state index contributed by atoms with van der Waals surface area (Å²) in [6.45, 7) is 6.34. The summed E-state index contributed by atoms with van der Waals surface area (Å²) in [5, 5.41) is 0. The fourth-order valence-corrected chi connectivity index (χ4v) is 3.04. The first kappa shape index (κ1) is 15.4. The molecule has 122 valence electrons. The number of carbonyl (C=O) groups excluding carboxylic acids is 2. The van der Waals surface area contributed by atoms with Gasteiger partial charge in [0.25, 0.3) is 5.91 Å². The number of nitrogens with zero attached hydrogens (tertiary/aromatic N) is 2. The summed E-state index contributed by atoms with van der Waals surface area (Å²) in [7, 11) is 0. The summed E-state index contributed by atoms with van der Waals surface area (Å²) in [6, 6.07) is 3.80. The molecule has 0 bridgehead atoms. The second-order valence-electron chi connectivity index (χ2n) is 6.05. The molecule has 1 saturated heterocycles. The Hall–Kier alpha value is -2.50. The number of aromatic nitrogens is 2. The molecule has 23 heavy (non-hydrogen) atoms. The maximum atomic E-state index is 12.4. The highest BCUT2D eigenvalue weighted by Crippen LogP contribution is 2.13. The molecule has 1 fully saturated rings.